The summed E-state index contributed by atoms with van der Waals surface area (Å²) in [4.78, 5) is 42.8. The van der Waals surface area contributed by atoms with Crippen LogP contribution in [0.4, 0.5) is 0 Å². The van der Waals surface area contributed by atoms with Crippen molar-refractivity contribution >= 4 is 11.8 Å². The predicted molar refractivity (Wildman–Crippen MR) is 123 cm³/mol. The van der Waals surface area contributed by atoms with Crippen LogP contribution in [0, 0.1) is 5.92 Å². The minimum Gasteiger partial charge on any atom is -0.350 e. The number of aromatic nitrogens is 1. The zero-order chi connectivity index (χ0) is 22.3. The summed E-state index contributed by atoms with van der Waals surface area (Å²) in [6, 6.07) is 12.9. The van der Waals surface area contributed by atoms with Crippen LogP contribution in [0.15, 0.2) is 53.5 Å². The number of rotatable bonds is 7. The highest BCUT2D eigenvalue weighted by molar-refractivity contribution is 5.94. The van der Waals surface area contributed by atoms with Crippen LogP contribution in [-0.2, 0) is 17.9 Å². The topological polar surface area (TPSA) is 74.7 Å². The number of carbonyl (C=O) groups excluding carboxylic acids is 2. The molecule has 0 saturated carbocycles. The molecule has 2 aromatic rings. The number of amides is 2. The number of benzene rings is 1. The molecular weight excluding hydrogens is 404 g/mol. The molecule has 0 aliphatic carbocycles. The highest BCUT2D eigenvalue weighted by Crippen LogP contribution is 2.21. The Kier molecular flexibility index (Phi) is 7.37. The van der Waals surface area contributed by atoms with Gasteiger partial charge in [-0.3, -0.25) is 14.4 Å². The zero-order valence-corrected chi connectivity index (χ0v) is 18.5. The second kappa shape index (κ2) is 10.6. The van der Waals surface area contributed by atoms with E-state index < -0.39 is 5.56 Å². The van der Waals surface area contributed by atoms with Crippen LogP contribution >= 0.6 is 0 Å². The highest BCUT2D eigenvalue weighted by Gasteiger charge is 2.28. The van der Waals surface area contributed by atoms with E-state index in [1.54, 1.807) is 18.3 Å². The third-order valence-electron chi connectivity index (χ3n) is 6.42. The fourth-order valence-electron chi connectivity index (χ4n) is 4.73. The van der Waals surface area contributed by atoms with Gasteiger partial charge in [0, 0.05) is 32.4 Å². The van der Waals surface area contributed by atoms with E-state index in [-0.39, 0.29) is 23.9 Å². The van der Waals surface area contributed by atoms with E-state index in [1.807, 2.05) is 35.2 Å². The fraction of sp³-hybridized carbons (Fsp3) is 0.480. The second-order valence-electron chi connectivity index (χ2n) is 8.88. The average Bonchev–Trinajstić information content (AvgIpc) is 3.32. The minimum absolute atomic E-state index is 0.107. The Morgan fingerprint density at radius 1 is 0.969 bits per heavy atom. The summed E-state index contributed by atoms with van der Waals surface area (Å²) < 4.78 is 1.32. The molecule has 2 saturated heterocycles. The third-order valence-corrected chi connectivity index (χ3v) is 6.42. The molecule has 2 aliphatic rings. The molecule has 0 spiro atoms. The molecule has 1 N–H and O–H groups in total. The lowest BCUT2D eigenvalue weighted by Crippen LogP contribution is -2.45. The number of hydrogen-bond donors (Lipinski definition) is 1. The summed E-state index contributed by atoms with van der Waals surface area (Å²) in [5.74, 6) is -0.0233. The Morgan fingerprint density at radius 2 is 1.75 bits per heavy atom. The molecule has 2 fully saturated rings. The van der Waals surface area contributed by atoms with Gasteiger partial charge in [0.15, 0.2) is 0 Å². The highest BCUT2D eigenvalue weighted by atomic mass is 16.2. The van der Waals surface area contributed by atoms with Gasteiger partial charge in [-0.25, -0.2) is 0 Å². The van der Waals surface area contributed by atoms with Gasteiger partial charge in [0.25, 0.3) is 11.5 Å². The average molecular weight is 437 g/mol. The quantitative estimate of drug-likeness (QED) is 0.722. The van der Waals surface area contributed by atoms with Crippen molar-refractivity contribution in [3.05, 3.63) is 70.1 Å². The lowest BCUT2D eigenvalue weighted by molar-refractivity contribution is -0.121. The maximum Gasteiger partial charge on any atom is 0.263 e. The van der Waals surface area contributed by atoms with E-state index in [0.717, 1.165) is 38.0 Å². The van der Waals surface area contributed by atoms with Gasteiger partial charge >= 0.3 is 0 Å². The van der Waals surface area contributed by atoms with E-state index >= 15 is 0 Å². The first kappa shape index (κ1) is 22.3. The van der Waals surface area contributed by atoms with Crippen molar-refractivity contribution in [3.8, 4) is 0 Å². The molecule has 32 heavy (non-hydrogen) atoms. The third kappa shape index (κ3) is 5.65. The Balaban J connectivity index is 1.37. The van der Waals surface area contributed by atoms with E-state index in [1.165, 1.54) is 17.4 Å². The van der Waals surface area contributed by atoms with Gasteiger partial charge < -0.3 is 19.7 Å². The van der Waals surface area contributed by atoms with Gasteiger partial charge in [0.05, 0.1) is 0 Å². The summed E-state index contributed by atoms with van der Waals surface area (Å²) in [5, 5.41) is 2.83. The molecule has 1 unspecified atom stereocenters. The van der Waals surface area contributed by atoms with Crippen LogP contribution in [0.1, 0.15) is 41.6 Å². The summed E-state index contributed by atoms with van der Waals surface area (Å²) in [6.07, 6.45) is 6.18. The first-order valence-corrected chi connectivity index (χ1v) is 11.6. The summed E-state index contributed by atoms with van der Waals surface area (Å²) in [5.41, 5.74) is 0.727. The number of hydrogen-bond acceptors (Lipinski definition) is 4. The van der Waals surface area contributed by atoms with Crippen molar-refractivity contribution in [1.82, 2.24) is 19.7 Å². The molecule has 1 atom stereocenters. The maximum atomic E-state index is 13.2. The van der Waals surface area contributed by atoms with Crippen LogP contribution in [0.3, 0.4) is 0 Å². The first-order chi connectivity index (χ1) is 15.6. The Hall–Kier alpha value is -2.93. The van der Waals surface area contributed by atoms with Crippen molar-refractivity contribution in [2.24, 2.45) is 5.92 Å². The van der Waals surface area contributed by atoms with Gasteiger partial charge in [-0.1, -0.05) is 30.3 Å². The Morgan fingerprint density at radius 3 is 2.53 bits per heavy atom. The van der Waals surface area contributed by atoms with Crippen LogP contribution in [-0.4, -0.2) is 58.9 Å². The monoisotopic (exact) mass is 436 g/mol. The minimum atomic E-state index is -0.408. The van der Waals surface area contributed by atoms with E-state index in [4.69, 9.17) is 0 Å². The number of carbonyl (C=O) groups is 2. The molecule has 3 heterocycles. The van der Waals surface area contributed by atoms with Crippen molar-refractivity contribution < 1.29 is 9.59 Å². The molecule has 1 aromatic carbocycles. The van der Waals surface area contributed by atoms with Crippen LogP contribution < -0.4 is 10.9 Å². The van der Waals surface area contributed by atoms with Crippen LogP contribution in [0.5, 0.6) is 0 Å². The van der Waals surface area contributed by atoms with Gasteiger partial charge in [-0.05, 0) is 62.4 Å². The maximum absolute atomic E-state index is 13.2. The molecule has 170 valence electrons. The smallest absolute Gasteiger partial charge is 0.263 e. The van der Waals surface area contributed by atoms with E-state index in [0.29, 0.717) is 25.6 Å². The first-order valence-electron chi connectivity index (χ1n) is 11.6. The Bertz CT molecular complexity index is 982. The molecule has 7 heteroatoms. The number of nitrogens with zero attached hydrogens (tertiary/aromatic N) is 3. The van der Waals surface area contributed by atoms with Crippen molar-refractivity contribution in [3.63, 3.8) is 0 Å². The van der Waals surface area contributed by atoms with E-state index in [9.17, 15) is 14.4 Å². The molecule has 0 radical (unpaired) electrons. The molecular formula is C25H32N4O3. The number of likely N-dealkylation sites (tertiary alicyclic amines) is 2. The fourth-order valence-corrected chi connectivity index (χ4v) is 4.73. The van der Waals surface area contributed by atoms with Crippen molar-refractivity contribution in [2.45, 2.75) is 38.8 Å². The second-order valence-corrected chi connectivity index (χ2v) is 8.88. The normalized spacial score (nSPS) is 19.1. The van der Waals surface area contributed by atoms with Gasteiger partial charge in [-0.2, -0.15) is 0 Å². The molecule has 2 aliphatic heterocycles. The lowest BCUT2D eigenvalue weighted by Gasteiger charge is -2.34. The summed E-state index contributed by atoms with van der Waals surface area (Å²) in [6.45, 7) is 5.01. The van der Waals surface area contributed by atoms with Gasteiger partial charge in [0.1, 0.15) is 12.1 Å². The van der Waals surface area contributed by atoms with Gasteiger partial charge in [0.2, 0.25) is 5.91 Å². The van der Waals surface area contributed by atoms with Crippen molar-refractivity contribution in [1.29, 1.82) is 0 Å². The number of nitrogens with one attached hydrogen (secondary N) is 1. The van der Waals surface area contributed by atoms with Gasteiger partial charge in [-0.15, -0.1) is 0 Å². The SMILES string of the molecule is O=C(Cn1cccc(C(=O)N2CCCC(CN3CCCC3)C2)c1=O)NCc1ccccc1. The summed E-state index contributed by atoms with van der Waals surface area (Å²) >= 11 is 0. The van der Waals surface area contributed by atoms with Crippen molar-refractivity contribution in [2.75, 3.05) is 32.7 Å². The largest absolute Gasteiger partial charge is 0.350 e. The molecule has 2 amide bonds. The van der Waals surface area contributed by atoms with Crippen LogP contribution in [0.2, 0.25) is 0 Å². The Labute approximate surface area is 189 Å². The van der Waals surface area contributed by atoms with E-state index in [2.05, 4.69) is 10.2 Å². The zero-order valence-electron chi connectivity index (χ0n) is 18.5. The number of piperidine rings is 1. The summed E-state index contributed by atoms with van der Waals surface area (Å²) in [7, 11) is 0. The molecule has 7 nitrogen and oxygen atoms in total. The standard InChI is InChI=1S/C25H32N4O3/c30-23(26-16-20-8-2-1-3-9-20)19-29-15-7-11-22(25(29)32)24(31)28-14-6-10-21(18-28)17-27-12-4-5-13-27/h1-3,7-9,11,15,21H,4-6,10,12-14,16-19H2,(H,26,30). The number of pyridine rings is 1. The molecule has 0 bridgehead atoms. The molecule has 4 rings (SSSR count). The predicted octanol–water partition coefficient (Wildman–Crippen LogP) is 2.11. The lowest BCUT2D eigenvalue weighted by atomic mass is 9.97. The van der Waals surface area contributed by atoms with Crippen LogP contribution in [0.25, 0.3) is 0 Å². The molecule has 1 aromatic heterocycles.